The van der Waals surface area contributed by atoms with Crippen molar-refractivity contribution in [2.75, 3.05) is 23.9 Å². The van der Waals surface area contributed by atoms with E-state index in [0.29, 0.717) is 21.5 Å². The average Bonchev–Trinajstić information content (AvgIpc) is 2.87. The molecule has 1 heterocycles. The molecular formula is C26H19BrFN3O6. The van der Waals surface area contributed by atoms with Crippen LogP contribution >= 0.6 is 15.9 Å². The highest BCUT2D eigenvalue weighted by Gasteiger charge is 2.37. The summed E-state index contributed by atoms with van der Waals surface area (Å²) in [5, 5.41) is 4.79. The zero-order valence-corrected chi connectivity index (χ0v) is 20.9. The highest BCUT2D eigenvalue weighted by atomic mass is 79.9. The zero-order valence-electron chi connectivity index (χ0n) is 19.3. The first-order valence-electron chi connectivity index (χ1n) is 10.8. The van der Waals surface area contributed by atoms with E-state index in [4.69, 9.17) is 9.47 Å². The largest absolute Gasteiger partial charge is 0.497 e. The van der Waals surface area contributed by atoms with E-state index in [2.05, 4.69) is 26.6 Å². The van der Waals surface area contributed by atoms with Gasteiger partial charge in [0.1, 0.15) is 22.9 Å². The highest BCUT2D eigenvalue weighted by molar-refractivity contribution is 9.10. The van der Waals surface area contributed by atoms with Crippen molar-refractivity contribution in [3.05, 3.63) is 88.2 Å². The standard InChI is InChI=1S/C26H19BrFN3O6/c1-36-20-9-5-18(6-10-20)29-23(32)14-37-22-11-2-16(27)12-15(22)13-21-24(33)30-26(35)31(25(21)34)19-7-3-17(28)4-8-19/h2-13H,14H2,1H3,(H,29,32)(H,30,33,35)/b21-13+. The first kappa shape index (κ1) is 25.6. The Kier molecular flexibility index (Phi) is 7.63. The molecule has 9 nitrogen and oxygen atoms in total. The Hall–Kier alpha value is -4.51. The first-order valence-corrected chi connectivity index (χ1v) is 11.6. The van der Waals surface area contributed by atoms with Crippen LogP contribution in [0.2, 0.25) is 0 Å². The molecule has 1 aliphatic rings. The number of barbiturate groups is 1. The smallest absolute Gasteiger partial charge is 0.335 e. The monoisotopic (exact) mass is 567 g/mol. The van der Waals surface area contributed by atoms with Crippen molar-refractivity contribution >= 4 is 57.1 Å². The van der Waals surface area contributed by atoms with Gasteiger partial charge in [-0.25, -0.2) is 14.1 Å². The lowest BCUT2D eigenvalue weighted by Crippen LogP contribution is -2.54. The van der Waals surface area contributed by atoms with Crippen LogP contribution in [0.3, 0.4) is 0 Å². The third kappa shape index (κ3) is 6.01. The molecule has 0 atom stereocenters. The normalized spacial score (nSPS) is 14.4. The average molecular weight is 568 g/mol. The number of anilines is 2. The number of nitrogens with zero attached hydrogens (tertiary/aromatic N) is 1. The molecule has 1 fully saturated rings. The Morgan fingerprint density at radius 3 is 2.43 bits per heavy atom. The molecule has 5 amide bonds. The number of imide groups is 2. The number of methoxy groups -OCH3 is 1. The number of hydrogen-bond donors (Lipinski definition) is 2. The number of urea groups is 1. The van der Waals surface area contributed by atoms with E-state index in [-0.39, 0.29) is 23.6 Å². The van der Waals surface area contributed by atoms with Gasteiger partial charge in [0.15, 0.2) is 6.61 Å². The number of amides is 5. The molecule has 0 spiro atoms. The summed E-state index contributed by atoms with van der Waals surface area (Å²) in [6.07, 6.45) is 1.25. The minimum atomic E-state index is -0.959. The number of carbonyl (C=O) groups is 4. The van der Waals surface area contributed by atoms with E-state index >= 15 is 0 Å². The molecule has 0 saturated carbocycles. The van der Waals surface area contributed by atoms with Gasteiger partial charge in [0.25, 0.3) is 17.7 Å². The minimum Gasteiger partial charge on any atom is -0.497 e. The molecule has 1 aliphatic heterocycles. The molecule has 2 N–H and O–H groups in total. The second kappa shape index (κ2) is 11.0. The third-order valence-electron chi connectivity index (χ3n) is 5.19. The molecule has 1 saturated heterocycles. The van der Waals surface area contributed by atoms with Crippen molar-refractivity contribution in [1.29, 1.82) is 0 Å². The maximum atomic E-state index is 13.3. The summed E-state index contributed by atoms with van der Waals surface area (Å²) in [5.74, 6) is -1.94. The van der Waals surface area contributed by atoms with Crippen molar-refractivity contribution in [2.45, 2.75) is 0 Å². The summed E-state index contributed by atoms with van der Waals surface area (Å²) < 4.78 is 24.7. The van der Waals surface area contributed by atoms with E-state index in [1.165, 1.54) is 25.3 Å². The lowest BCUT2D eigenvalue weighted by molar-refractivity contribution is -0.122. The SMILES string of the molecule is COc1ccc(NC(=O)COc2ccc(Br)cc2/C=C2\C(=O)NC(=O)N(c3ccc(F)cc3)C2=O)cc1. The van der Waals surface area contributed by atoms with E-state index in [1.807, 2.05) is 0 Å². The Morgan fingerprint density at radius 2 is 1.76 bits per heavy atom. The first-order chi connectivity index (χ1) is 17.7. The predicted molar refractivity (Wildman–Crippen MR) is 137 cm³/mol. The van der Waals surface area contributed by atoms with E-state index < -0.39 is 29.6 Å². The number of hydrogen-bond acceptors (Lipinski definition) is 6. The molecule has 0 unspecified atom stereocenters. The van der Waals surface area contributed by atoms with Gasteiger partial charge < -0.3 is 14.8 Å². The summed E-state index contributed by atoms with van der Waals surface area (Å²) in [5.41, 5.74) is 0.582. The third-order valence-corrected chi connectivity index (χ3v) is 5.68. The van der Waals surface area contributed by atoms with Gasteiger partial charge in [-0.1, -0.05) is 15.9 Å². The molecule has 3 aromatic rings. The van der Waals surface area contributed by atoms with Crippen LogP contribution in [0.15, 0.2) is 76.8 Å². The van der Waals surface area contributed by atoms with Crippen molar-refractivity contribution in [1.82, 2.24) is 5.32 Å². The fraction of sp³-hybridized carbons (Fsp3) is 0.0769. The molecule has 0 radical (unpaired) electrons. The fourth-order valence-corrected chi connectivity index (χ4v) is 3.79. The van der Waals surface area contributed by atoms with Crippen LogP contribution in [0.5, 0.6) is 11.5 Å². The molecule has 188 valence electrons. The molecule has 0 aliphatic carbocycles. The van der Waals surface area contributed by atoms with Gasteiger partial charge in [-0.3, -0.25) is 19.7 Å². The number of nitrogens with one attached hydrogen (secondary N) is 2. The Bertz CT molecular complexity index is 1410. The predicted octanol–water partition coefficient (Wildman–Crippen LogP) is 4.28. The van der Waals surface area contributed by atoms with Gasteiger partial charge in [0.2, 0.25) is 0 Å². The molecule has 0 bridgehead atoms. The summed E-state index contributed by atoms with van der Waals surface area (Å²) in [6, 6.07) is 15.3. The van der Waals surface area contributed by atoms with Crippen molar-refractivity contribution in [2.24, 2.45) is 0 Å². The van der Waals surface area contributed by atoms with Crippen LogP contribution in [0, 0.1) is 5.82 Å². The Morgan fingerprint density at radius 1 is 1.05 bits per heavy atom. The summed E-state index contributed by atoms with van der Waals surface area (Å²) in [4.78, 5) is 51.1. The number of ether oxygens (including phenoxy) is 2. The van der Waals surface area contributed by atoms with Gasteiger partial charge >= 0.3 is 6.03 Å². The zero-order chi connectivity index (χ0) is 26.5. The minimum absolute atomic E-state index is 0.0863. The Labute approximate surface area is 219 Å². The van der Waals surface area contributed by atoms with E-state index in [9.17, 15) is 23.6 Å². The molecular weight excluding hydrogens is 549 g/mol. The van der Waals surface area contributed by atoms with Crippen LogP contribution in [0.25, 0.3) is 6.08 Å². The summed E-state index contributed by atoms with van der Waals surface area (Å²) in [7, 11) is 1.54. The Balaban J connectivity index is 1.55. The van der Waals surface area contributed by atoms with Gasteiger partial charge in [-0.2, -0.15) is 0 Å². The van der Waals surface area contributed by atoms with Gasteiger partial charge in [-0.05, 0) is 72.8 Å². The number of halogens is 2. The molecule has 0 aromatic heterocycles. The van der Waals surface area contributed by atoms with Gasteiger partial charge in [0.05, 0.1) is 12.8 Å². The van der Waals surface area contributed by atoms with Crippen LogP contribution in [-0.4, -0.2) is 37.5 Å². The highest BCUT2D eigenvalue weighted by Crippen LogP contribution is 2.28. The van der Waals surface area contributed by atoms with Crippen molar-refractivity contribution in [3.8, 4) is 11.5 Å². The van der Waals surface area contributed by atoms with Gasteiger partial charge in [-0.15, -0.1) is 0 Å². The molecule has 4 rings (SSSR count). The summed E-state index contributed by atoms with van der Waals surface area (Å²) >= 11 is 3.33. The van der Waals surface area contributed by atoms with Crippen LogP contribution in [0.1, 0.15) is 5.56 Å². The maximum Gasteiger partial charge on any atom is 0.335 e. The fourth-order valence-electron chi connectivity index (χ4n) is 3.42. The number of benzene rings is 3. The maximum absolute atomic E-state index is 13.3. The lowest BCUT2D eigenvalue weighted by atomic mass is 10.1. The topological polar surface area (TPSA) is 114 Å². The molecule has 37 heavy (non-hydrogen) atoms. The van der Waals surface area contributed by atoms with Crippen molar-refractivity contribution < 1.29 is 33.0 Å². The quantitative estimate of drug-likeness (QED) is 0.325. The number of rotatable bonds is 7. The molecule has 11 heteroatoms. The van der Waals surface area contributed by atoms with Crippen LogP contribution in [0.4, 0.5) is 20.6 Å². The van der Waals surface area contributed by atoms with Crippen molar-refractivity contribution in [3.63, 3.8) is 0 Å². The van der Waals surface area contributed by atoms with Gasteiger partial charge in [0, 0.05) is 15.7 Å². The number of carbonyl (C=O) groups excluding carboxylic acids is 4. The second-order valence-electron chi connectivity index (χ2n) is 7.68. The lowest BCUT2D eigenvalue weighted by Gasteiger charge is -2.26. The van der Waals surface area contributed by atoms with Crippen LogP contribution in [-0.2, 0) is 14.4 Å². The molecule has 3 aromatic carbocycles. The second-order valence-corrected chi connectivity index (χ2v) is 8.60. The van der Waals surface area contributed by atoms with E-state index in [0.717, 1.165) is 17.0 Å². The van der Waals surface area contributed by atoms with E-state index in [1.54, 1.807) is 42.5 Å². The van der Waals surface area contributed by atoms with Crippen LogP contribution < -0.4 is 25.0 Å². The summed E-state index contributed by atoms with van der Waals surface area (Å²) in [6.45, 7) is -0.357.